The van der Waals surface area contributed by atoms with E-state index in [0.29, 0.717) is 17.7 Å². The van der Waals surface area contributed by atoms with E-state index in [1.807, 2.05) is 19.9 Å². The molecule has 0 spiro atoms. The highest BCUT2D eigenvalue weighted by Gasteiger charge is 2.08. The number of carbonyl (C=O) groups is 2. The van der Waals surface area contributed by atoms with Crippen LogP contribution in [-0.4, -0.2) is 16.7 Å². The molecule has 0 radical (unpaired) electrons. The summed E-state index contributed by atoms with van der Waals surface area (Å²) >= 11 is 0. The van der Waals surface area contributed by atoms with Crippen LogP contribution in [0.4, 0.5) is 5.69 Å². The summed E-state index contributed by atoms with van der Waals surface area (Å²) in [4.78, 5) is 26.3. The van der Waals surface area contributed by atoms with Crippen LogP contribution in [0.1, 0.15) is 34.2 Å². The predicted molar refractivity (Wildman–Crippen MR) is 79.0 cm³/mol. The highest BCUT2D eigenvalue weighted by Crippen LogP contribution is 2.13. The first kappa shape index (κ1) is 14.1. The molecule has 0 fully saturated rings. The maximum absolute atomic E-state index is 12.0. The Bertz CT molecular complexity index is 639. The number of nitrogens with one attached hydrogen (secondary N) is 2. The van der Waals surface area contributed by atoms with Gasteiger partial charge in [-0.2, -0.15) is 0 Å². The number of aromatic nitrogens is 1. The molecular formula is C16H18N2O2. The number of H-pyrrole nitrogens is 1. The summed E-state index contributed by atoms with van der Waals surface area (Å²) in [7, 11) is 0. The van der Waals surface area contributed by atoms with Crippen molar-refractivity contribution in [3.05, 3.63) is 52.8 Å². The van der Waals surface area contributed by atoms with E-state index in [9.17, 15) is 9.59 Å². The lowest BCUT2D eigenvalue weighted by atomic mass is 10.1. The molecule has 0 unspecified atom stereocenters. The van der Waals surface area contributed by atoms with Crippen LogP contribution in [0.15, 0.2) is 30.3 Å². The molecule has 0 saturated carbocycles. The summed E-state index contributed by atoms with van der Waals surface area (Å²) in [5, 5.41) is 2.83. The van der Waals surface area contributed by atoms with Crippen molar-refractivity contribution in [1.29, 1.82) is 0 Å². The molecule has 2 aromatic rings. The number of hydrogen-bond acceptors (Lipinski definition) is 2. The summed E-state index contributed by atoms with van der Waals surface area (Å²) in [6, 6.07) is 8.88. The zero-order chi connectivity index (χ0) is 14.7. The van der Waals surface area contributed by atoms with E-state index in [1.165, 1.54) is 6.92 Å². The van der Waals surface area contributed by atoms with Gasteiger partial charge in [0.05, 0.1) is 6.42 Å². The second kappa shape index (κ2) is 5.74. The highest BCUT2D eigenvalue weighted by molar-refractivity contribution is 5.96. The van der Waals surface area contributed by atoms with Gasteiger partial charge in [0, 0.05) is 22.6 Å². The quantitative estimate of drug-likeness (QED) is 0.839. The van der Waals surface area contributed by atoms with E-state index in [0.717, 1.165) is 17.0 Å². The molecule has 4 nitrogen and oxygen atoms in total. The monoisotopic (exact) mass is 270 g/mol. The molecule has 104 valence electrons. The summed E-state index contributed by atoms with van der Waals surface area (Å²) in [6.45, 7) is 5.44. The lowest BCUT2D eigenvalue weighted by Gasteiger charge is -2.05. The molecule has 0 bridgehead atoms. The van der Waals surface area contributed by atoms with Gasteiger partial charge in [-0.25, -0.2) is 0 Å². The summed E-state index contributed by atoms with van der Waals surface area (Å²) in [5.74, 6) is -0.0519. The van der Waals surface area contributed by atoms with Crippen molar-refractivity contribution >= 4 is 17.4 Å². The SMILES string of the molecule is CC(=O)c1ccc(NC(=O)Cc2cc(C)[nH]c2C)cc1. The van der Waals surface area contributed by atoms with E-state index in [1.54, 1.807) is 24.3 Å². The molecule has 1 amide bonds. The molecule has 20 heavy (non-hydrogen) atoms. The highest BCUT2D eigenvalue weighted by atomic mass is 16.1. The number of ketones is 1. The Kier molecular flexibility index (Phi) is 4.03. The fraction of sp³-hybridized carbons (Fsp3) is 0.250. The minimum atomic E-state index is -0.0670. The first-order valence-corrected chi connectivity index (χ1v) is 6.51. The van der Waals surface area contributed by atoms with Crippen molar-refractivity contribution in [3.8, 4) is 0 Å². The largest absolute Gasteiger partial charge is 0.362 e. The van der Waals surface area contributed by atoms with Crippen LogP contribution in [-0.2, 0) is 11.2 Å². The van der Waals surface area contributed by atoms with Gasteiger partial charge in [0.2, 0.25) is 5.91 Å². The van der Waals surface area contributed by atoms with Crippen LogP contribution in [0, 0.1) is 13.8 Å². The Morgan fingerprint density at radius 3 is 2.30 bits per heavy atom. The summed E-state index contributed by atoms with van der Waals surface area (Å²) in [6.07, 6.45) is 0.338. The van der Waals surface area contributed by atoms with Crippen molar-refractivity contribution < 1.29 is 9.59 Å². The van der Waals surface area contributed by atoms with Crippen LogP contribution in [0.3, 0.4) is 0 Å². The van der Waals surface area contributed by atoms with Gasteiger partial charge in [0.1, 0.15) is 0 Å². The van der Waals surface area contributed by atoms with Gasteiger partial charge in [-0.15, -0.1) is 0 Å². The van der Waals surface area contributed by atoms with Crippen LogP contribution in [0.25, 0.3) is 0 Å². The number of carbonyl (C=O) groups excluding carboxylic acids is 2. The Balaban J connectivity index is 2.01. The second-order valence-corrected chi connectivity index (χ2v) is 4.96. The molecule has 4 heteroatoms. The Morgan fingerprint density at radius 1 is 1.15 bits per heavy atom. The third kappa shape index (κ3) is 3.35. The third-order valence-corrected chi connectivity index (χ3v) is 3.18. The Morgan fingerprint density at radius 2 is 1.80 bits per heavy atom. The fourth-order valence-electron chi connectivity index (χ4n) is 2.13. The van der Waals surface area contributed by atoms with E-state index in [2.05, 4.69) is 10.3 Å². The number of anilines is 1. The molecule has 2 N–H and O–H groups in total. The van der Waals surface area contributed by atoms with Crippen LogP contribution in [0.5, 0.6) is 0 Å². The van der Waals surface area contributed by atoms with Gasteiger partial charge < -0.3 is 10.3 Å². The molecule has 0 aliphatic rings. The Labute approximate surface area is 118 Å². The maximum Gasteiger partial charge on any atom is 0.228 e. The lowest BCUT2D eigenvalue weighted by Crippen LogP contribution is -2.14. The number of aromatic amines is 1. The normalized spacial score (nSPS) is 10.3. The van der Waals surface area contributed by atoms with Gasteiger partial charge in [-0.3, -0.25) is 9.59 Å². The molecule has 0 aliphatic carbocycles. The number of hydrogen-bond donors (Lipinski definition) is 2. The minimum absolute atomic E-state index is 0.0151. The van der Waals surface area contributed by atoms with E-state index < -0.39 is 0 Å². The standard InChI is InChI=1S/C16H18N2O2/c1-10-8-14(11(2)17-10)9-16(20)18-15-6-4-13(5-7-15)12(3)19/h4-8,17H,9H2,1-3H3,(H,18,20). The topological polar surface area (TPSA) is 62.0 Å². The molecule has 0 atom stereocenters. The maximum atomic E-state index is 12.0. The van der Waals surface area contributed by atoms with Crippen molar-refractivity contribution in [1.82, 2.24) is 4.98 Å². The fourth-order valence-corrected chi connectivity index (χ4v) is 2.13. The first-order chi connectivity index (χ1) is 9.45. The number of Topliss-reactive ketones (excluding diaryl/α,β-unsaturated/α-hetero) is 1. The van der Waals surface area contributed by atoms with E-state index in [4.69, 9.17) is 0 Å². The second-order valence-electron chi connectivity index (χ2n) is 4.96. The van der Waals surface area contributed by atoms with Crippen molar-refractivity contribution in [2.24, 2.45) is 0 Å². The van der Waals surface area contributed by atoms with Crippen molar-refractivity contribution in [2.75, 3.05) is 5.32 Å². The van der Waals surface area contributed by atoms with E-state index in [-0.39, 0.29) is 11.7 Å². The zero-order valence-corrected chi connectivity index (χ0v) is 11.9. The van der Waals surface area contributed by atoms with Crippen molar-refractivity contribution in [2.45, 2.75) is 27.2 Å². The van der Waals surface area contributed by atoms with Crippen LogP contribution >= 0.6 is 0 Å². The molecule has 2 rings (SSSR count). The predicted octanol–water partition coefficient (Wildman–Crippen LogP) is 3.02. The number of benzene rings is 1. The van der Waals surface area contributed by atoms with Crippen LogP contribution < -0.4 is 5.32 Å². The zero-order valence-electron chi connectivity index (χ0n) is 11.9. The van der Waals surface area contributed by atoms with Gasteiger partial charge in [-0.1, -0.05) is 0 Å². The molecule has 1 heterocycles. The van der Waals surface area contributed by atoms with E-state index >= 15 is 0 Å². The van der Waals surface area contributed by atoms with Crippen LogP contribution in [0.2, 0.25) is 0 Å². The van der Waals surface area contributed by atoms with Gasteiger partial charge in [-0.05, 0) is 56.7 Å². The smallest absolute Gasteiger partial charge is 0.228 e. The number of amides is 1. The molecular weight excluding hydrogens is 252 g/mol. The van der Waals surface area contributed by atoms with Gasteiger partial charge in [0.15, 0.2) is 5.78 Å². The summed E-state index contributed by atoms with van der Waals surface area (Å²) in [5.41, 5.74) is 4.41. The molecule has 0 saturated heterocycles. The third-order valence-electron chi connectivity index (χ3n) is 3.18. The van der Waals surface area contributed by atoms with Gasteiger partial charge >= 0.3 is 0 Å². The summed E-state index contributed by atoms with van der Waals surface area (Å²) < 4.78 is 0. The molecule has 0 aliphatic heterocycles. The average Bonchev–Trinajstić information content (AvgIpc) is 2.68. The Hall–Kier alpha value is -2.36. The molecule has 1 aromatic heterocycles. The molecule has 1 aromatic carbocycles. The minimum Gasteiger partial charge on any atom is -0.362 e. The lowest BCUT2D eigenvalue weighted by molar-refractivity contribution is -0.115. The first-order valence-electron chi connectivity index (χ1n) is 6.51. The average molecular weight is 270 g/mol. The number of aryl methyl sites for hydroxylation is 2. The van der Waals surface area contributed by atoms with Crippen molar-refractivity contribution in [3.63, 3.8) is 0 Å². The number of rotatable bonds is 4. The van der Waals surface area contributed by atoms with Gasteiger partial charge in [0.25, 0.3) is 0 Å².